The number of hydrogen-bond donors (Lipinski definition) is 1. The summed E-state index contributed by atoms with van der Waals surface area (Å²) in [6.07, 6.45) is 1.16. The van der Waals surface area contributed by atoms with Crippen molar-refractivity contribution in [3.63, 3.8) is 0 Å². The van der Waals surface area contributed by atoms with Gasteiger partial charge in [-0.25, -0.2) is 0 Å². The van der Waals surface area contributed by atoms with Crippen molar-refractivity contribution in [2.45, 2.75) is 19.9 Å². The molecule has 0 heterocycles. The van der Waals surface area contributed by atoms with E-state index in [0.717, 1.165) is 31.8 Å². The minimum atomic E-state index is 0.605. The first-order valence-electron chi connectivity index (χ1n) is 6.17. The van der Waals surface area contributed by atoms with Gasteiger partial charge >= 0.3 is 0 Å². The smallest absolute Gasteiger partial charge is 0.118 e. The second-order valence-electron chi connectivity index (χ2n) is 4.72. The third-order valence-corrected chi connectivity index (χ3v) is 3.02. The lowest BCUT2D eigenvalue weighted by Gasteiger charge is -2.18. The number of benzene rings is 1. The van der Waals surface area contributed by atoms with E-state index >= 15 is 0 Å². The third kappa shape index (κ3) is 5.20. The van der Waals surface area contributed by atoms with Crippen molar-refractivity contribution in [1.82, 2.24) is 4.90 Å². The zero-order chi connectivity index (χ0) is 12.7. The van der Waals surface area contributed by atoms with Crippen LogP contribution < -0.4 is 10.5 Å². The van der Waals surface area contributed by atoms with E-state index in [1.807, 2.05) is 12.1 Å². The van der Waals surface area contributed by atoms with Crippen LogP contribution in [0.25, 0.3) is 0 Å². The number of rotatable bonds is 7. The Bertz CT molecular complexity index is 311. The van der Waals surface area contributed by atoms with Gasteiger partial charge in [0.25, 0.3) is 0 Å². The van der Waals surface area contributed by atoms with Gasteiger partial charge in [0.15, 0.2) is 0 Å². The second-order valence-corrected chi connectivity index (χ2v) is 4.72. The van der Waals surface area contributed by atoms with E-state index in [-0.39, 0.29) is 0 Å². The molecule has 0 bridgehead atoms. The van der Waals surface area contributed by atoms with Crippen LogP contribution in [0, 0.1) is 5.92 Å². The molecular formula is C14H24N2O. The SMILES string of the molecule is COc1ccc(CN(C)CCC(C)CN)cc1. The minimum Gasteiger partial charge on any atom is -0.497 e. The highest BCUT2D eigenvalue weighted by atomic mass is 16.5. The fourth-order valence-electron chi connectivity index (χ4n) is 1.68. The number of hydrogen-bond acceptors (Lipinski definition) is 3. The summed E-state index contributed by atoms with van der Waals surface area (Å²) < 4.78 is 5.14. The standard InChI is InChI=1S/C14H24N2O/c1-12(10-15)8-9-16(2)11-13-4-6-14(17-3)7-5-13/h4-7,12H,8-11,15H2,1-3H3. The highest BCUT2D eigenvalue weighted by Gasteiger charge is 2.04. The van der Waals surface area contributed by atoms with Gasteiger partial charge in [0.1, 0.15) is 5.75 Å². The summed E-state index contributed by atoms with van der Waals surface area (Å²) in [7, 11) is 3.84. The van der Waals surface area contributed by atoms with Gasteiger partial charge in [-0.3, -0.25) is 0 Å². The van der Waals surface area contributed by atoms with Crippen LogP contribution >= 0.6 is 0 Å². The molecule has 1 aromatic carbocycles. The number of nitrogens with zero attached hydrogens (tertiary/aromatic N) is 1. The van der Waals surface area contributed by atoms with Crippen molar-refractivity contribution in [2.24, 2.45) is 11.7 Å². The Morgan fingerprint density at radius 3 is 2.47 bits per heavy atom. The monoisotopic (exact) mass is 236 g/mol. The molecule has 1 rings (SSSR count). The van der Waals surface area contributed by atoms with E-state index in [4.69, 9.17) is 10.5 Å². The van der Waals surface area contributed by atoms with Gasteiger partial charge in [-0.05, 0) is 50.2 Å². The first kappa shape index (κ1) is 14.0. The fraction of sp³-hybridized carbons (Fsp3) is 0.571. The number of ether oxygens (including phenoxy) is 1. The fourth-order valence-corrected chi connectivity index (χ4v) is 1.68. The molecular weight excluding hydrogens is 212 g/mol. The van der Waals surface area contributed by atoms with Crippen LogP contribution in [0.1, 0.15) is 18.9 Å². The van der Waals surface area contributed by atoms with E-state index in [0.29, 0.717) is 5.92 Å². The van der Waals surface area contributed by atoms with Crippen LogP contribution in [0.4, 0.5) is 0 Å². The van der Waals surface area contributed by atoms with Gasteiger partial charge in [-0.1, -0.05) is 19.1 Å². The molecule has 0 radical (unpaired) electrons. The minimum absolute atomic E-state index is 0.605. The van der Waals surface area contributed by atoms with E-state index < -0.39 is 0 Å². The lowest BCUT2D eigenvalue weighted by molar-refractivity contribution is 0.300. The zero-order valence-corrected chi connectivity index (χ0v) is 11.1. The Kier molecular flexibility index (Phi) is 6.01. The summed E-state index contributed by atoms with van der Waals surface area (Å²) in [5, 5.41) is 0. The summed E-state index contributed by atoms with van der Waals surface area (Å²) in [6.45, 7) is 5.03. The molecule has 0 saturated heterocycles. The average Bonchev–Trinajstić information content (AvgIpc) is 2.36. The topological polar surface area (TPSA) is 38.5 Å². The summed E-state index contributed by atoms with van der Waals surface area (Å²) in [5.74, 6) is 1.52. The first-order chi connectivity index (χ1) is 8.15. The molecule has 0 aliphatic carbocycles. The Hall–Kier alpha value is -1.06. The van der Waals surface area contributed by atoms with Crippen LogP contribution in [0.3, 0.4) is 0 Å². The lowest BCUT2D eigenvalue weighted by Crippen LogP contribution is -2.23. The van der Waals surface area contributed by atoms with Gasteiger partial charge in [0, 0.05) is 6.54 Å². The Morgan fingerprint density at radius 1 is 1.29 bits per heavy atom. The van der Waals surface area contributed by atoms with Gasteiger partial charge in [-0.15, -0.1) is 0 Å². The quantitative estimate of drug-likeness (QED) is 0.788. The van der Waals surface area contributed by atoms with E-state index in [2.05, 4.69) is 31.0 Å². The maximum absolute atomic E-state index is 5.61. The van der Waals surface area contributed by atoms with Crippen molar-refractivity contribution in [3.05, 3.63) is 29.8 Å². The van der Waals surface area contributed by atoms with E-state index in [9.17, 15) is 0 Å². The Labute approximate surface area is 105 Å². The number of methoxy groups -OCH3 is 1. The molecule has 17 heavy (non-hydrogen) atoms. The predicted molar refractivity (Wildman–Crippen MR) is 72.2 cm³/mol. The largest absolute Gasteiger partial charge is 0.497 e. The van der Waals surface area contributed by atoms with E-state index in [1.54, 1.807) is 7.11 Å². The van der Waals surface area contributed by atoms with Crippen molar-refractivity contribution in [2.75, 3.05) is 27.2 Å². The molecule has 1 unspecified atom stereocenters. The zero-order valence-electron chi connectivity index (χ0n) is 11.1. The van der Waals surface area contributed by atoms with Crippen molar-refractivity contribution in [1.29, 1.82) is 0 Å². The predicted octanol–water partition coefficient (Wildman–Crippen LogP) is 2.11. The maximum atomic E-state index is 5.61. The molecule has 0 aliphatic rings. The van der Waals surface area contributed by atoms with Gasteiger partial charge in [0.05, 0.1) is 7.11 Å². The molecule has 0 aliphatic heterocycles. The molecule has 1 aromatic rings. The Morgan fingerprint density at radius 2 is 1.94 bits per heavy atom. The van der Waals surface area contributed by atoms with Crippen LogP contribution in [-0.4, -0.2) is 32.1 Å². The molecule has 0 fully saturated rings. The Balaban J connectivity index is 2.36. The molecule has 3 heteroatoms. The van der Waals surface area contributed by atoms with Crippen LogP contribution in [0.2, 0.25) is 0 Å². The molecule has 3 nitrogen and oxygen atoms in total. The van der Waals surface area contributed by atoms with E-state index in [1.165, 1.54) is 5.56 Å². The van der Waals surface area contributed by atoms with Crippen LogP contribution in [-0.2, 0) is 6.54 Å². The average molecular weight is 236 g/mol. The van der Waals surface area contributed by atoms with Gasteiger partial charge in [-0.2, -0.15) is 0 Å². The first-order valence-corrected chi connectivity index (χ1v) is 6.17. The molecule has 2 N–H and O–H groups in total. The summed E-state index contributed by atoms with van der Waals surface area (Å²) in [5.41, 5.74) is 6.92. The summed E-state index contributed by atoms with van der Waals surface area (Å²) in [4.78, 5) is 2.33. The van der Waals surface area contributed by atoms with Crippen molar-refractivity contribution < 1.29 is 4.74 Å². The molecule has 96 valence electrons. The second kappa shape index (κ2) is 7.30. The molecule has 1 atom stereocenters. The molecule has 0 saturated carbocycles. The van der Waals surface area contributed by atoms with Crippen molar-refractivity contribution >= 4 is 0 Å². The molecule has 0 aromatic heterocycles. The van der Waals surface area contributed by atoms with Crippen LogP contribution in [0.15, 0.2) is 24.3 Å². The van der Waals surface area contributed by atoms with Crippen molar-refractivity contribution in [3.8, 4) is 5.75 Å². The highest BCUT2D eigenvalue weighted by Crippen LogP contribution is 2.13. The maximum Gasteiger partial charge on any atom is 0.118 e. The van der Waals surface area contributed by atoms with Gasteiger partial charge in [0.2, 0.25) is 0 Å². The normalized spacial score (nSPS) is 12.8. The molecule has 0 amide bonds. The lowest BCUT2D eigenvalue weighted by atomic mass is 10.1. The number of nitrogens with two attached hydrogens (primary N) is 1. The van der Waals surface area contributed by atoms with Gasteiger partial charge < -0.3 is 15.4 Å². The van der Waals surface area contributed by atoms with Crippen LogP contribution in [0.5, 0.6) is 5.75 Å². The third-order valence-electron chi connectivity index (χ3n) is 3.02. The summed E-state index contributed by atoms with van der Waals surface area (Å²) in [6, 6.07) is 8.24. The molecule has 0 spiro atoms. The summed E-state index contributed by atoms with van der Waals surface area (Å²) >= 11 is 0. The highest BCUT2D eigenvalue weighted by molar-refractivity contribution is 5.26.